The maximum absolute atomic E-state index is 14.4. The minimum absolute atomic E-state index is 0.00202. The zero-order valence-electron chi connectivity index (χ0n) is 20.3. The van der Waals surface area contributed by atoms with E-state index in [9.17, 15) is 26.4 Å². The molecule has 0 bridgehead atoms. The maximum Gasteiger partial charge on any atom is 0.229 e. The number of H-pyrrole nitrogens is 1. The molecule has 5 rings (SSSR count). The number of hydrogen-bond acceptors (Lipinski definition) is 7. The van der Waals surface area contributed by atoms with Crippen LogP contribution in [0.2, 0.25) is 0 Å². The van der Waals surface area contributed by atoms with Gasteiger partial charge in [0.15, 0.2) is 11.6 Å². The van der Waals surface area contributed by atoms with Gasteiger partial charge in [-0.1, -0.05) is 0 Å². The number of anilines is 2. The van der Waals surface area contributed by atoms with Crippen LogP contribution < -0.4 is 15.2 Å². The molecule has 2 aromatic carbocycles. The molecule has 3 heterocycles. The Kier molecular flexibility index (Phi) is 6.26. The van der Waals surface area contributed by atoms with Crippen LogP contribution in [-0.2, 0) is 10.0 Å². The van der Waals surface area contributed by atoms with Gasteiger partial charge in [-0.25, -0.2) is 31.3 Å². The Morgan fingerprint density at radius 2 is 1.85 bits per heavy atom. The topological polar surface area (TPSA) is 145 Å². The highest BCUT2D eigenvalue weighted by molar-refractivity contribution is 7.92. The molecule has 0 fully saturated rings. The first-order valence-electron chi connectivity index (χ1n) is 11.2. The smallest absolute Gasteiger partial charge is 0.229 e. The molecule has 0 aliphatic heterocycles. The second kappa shape index (κ2) is 9.47. The highest BCUT2D eigenvalue weighted by atomic mass is 32.2. The van der Waals surface area contributed by atoms with E-state index in [1.54, 1.807) is 6.92 Å². The van der Waals surface area contributed by atoms with Crippen molar-refractivity contribution in [1.82, 2.24) is 19.7 Å². The number of fused-ring (bicyclic) bond motifs is 1. The molecule has 0 spiro atoms. The molecule has 5 aromatic rings. The number of benzene rings is 2. The molecule has 0 saturated carbocycles. The Hall–Kier alpha value is -4.85. The second-order valence-corrected chi connectivity index (χ2v) is 10.4. The molecule has 39 heavy (non-hydrogen) atoms. The van der Waals surface area contributed by atoms with Crippen LogP contribution in [0.1, 0.15) is 21.6 Å². The van der Waals surface area contributed by atoms with Crippen molar-refractivity contribution in [1.29, 1.82) is 0 Å². The van der Waals surface area contributed by atoms with Gasteiger partial charge < -0.3 is 15.5 Å². The molecular weight excluding hydrogens is 537 g/mol. The Morgan fingerprint density at radius 3 is 2.56 bits per heavy atom. The summed E-state index contributed by atoms with van der Waals surface area (Å²) in [6.45, 7) is 1.68. The molecule has 4 N–H and O–H groups in total. The van der Waals surface area contributed by atoms with Crippen molar-refractivity contribution in [2.75, 3.05) is 16.7 Å². The van der Waals surface area contributed by atoms with E-state index in [1.165, 1.54) is 35.3 Å². The number of nitrogens with zero attached hydrogens (tertiary/aromatic N) is 3. The average molecular weight is 557 g/mol. The van der Waals surface area contributed by atoms with Crippen LogP contribution in [0.15, 0.2) is 54.9 Å². The molecule has 200 valence electrons. The van der Waals surface area contributed by atoms with Gasteiger partial charge in [-0.2, -0.15) is 5.10 Å². The van der Waals surface area contributed by atoms with Crippen LogP contribution in [0.25, 0.3) is 16.6 Å². The van der Waals surface area contributed by atoms with Gasteiger partial charge in [0.25, 0.3) is 0 Å². The van der Waals surface area contributed by atoms with Crippen molar-refractivity contribution < 1.29 is 31.1 Å². The van der Waals surface area contributed by atoms with Crippen molar-refractivity contribution in [2.45, 2.75) is 6.92 Å². The van der Waals surface area contributed by atoms with Crippen LogP contribution in [0.4, 0.5) is 24.7 Å². The summed E-state index contributed by atoms with van der Waals surface area (Å²) in [7, 11) is -3.72. The first kappa shape index (κ1) is 25.8. The van der Waals surface area contributed by atoms with Gasteiger partial charge in [0.2, 0.25) is 21.7 Å². The Morgan fingerprint density at radius 1 is 1.08 bits per heavy atom. The molecule has 10 nitrogen and oxygen atoms in total. The van der Waals surface area contributed by atoms with E-state index in [2.05, 4.69) is 19.8 Å². The third-order valence-electron chi connectivity index (χ3n) is 5.69. The minimum atomic E-state index is -3.72. The number of carbonyl (C=O) groups excluding carboxylic acids is 1. The van der Waals surface area contributed by atoms with Crippen LogP contribution in [0.3, 0.4) is 0 Å². The van der Waals surface area contributed by atoms with Gasteiger partial charge >= 0.3 is 0 Å². The van der Waals surface area contributed by atoms with Gasteiger partial charge in [-0.3, -0.25) is 9.52 Å². The zero-order valence-corrected chi connectivity index (χ0v) is 21.1. The predicted octanol–water partition coefficient (Wildman–Crippen LogP) is 4.45. The van der Waals surface area contributed by atoms with E-state index in [0.717, 1.165) is 30.5 Å². The number of halogens is 3. The number of carbonyl (C=O) groups is 1. The molecular formula is C25H19F3N6O4S. The van der Waals surface area contributed by atoms with Crippen LogP contribution in [0, 0.1) is 24.4 Å². The fourth-order valence-corrected chi connectivity index (χ4v) is 4.45. The molecule has 0 atom stereocenters. The molecule has 0 aliphatic carbocycles. The summed E-state index contributed by atoms with van der Waals surface area (Å²) in [5.74, 6) is -3.14. The van der Waals surface area contributed by atoms with Crippen molar-refractivity contribution in [3.63, 3.8) is 0 Å². The number of aryl methyl sites for hydroxylation is 1. The highest BCUT2D eigenvalue weighted by Gasteiger charge is 2.22. The predicted molar refractivity (Wildman–Crippen MR) is 137 cm³/mol. The summed E-state index contributed by atoms with van der Waals surface area (Å²) in [6, 6.07) is 8.00. The largest absolute Gasteiger partial charge is 0.436 e. The average Bonchev–Trinajstić information content (AvgIpc) is 3.43. The number of rotatable bonds is 7. The lowest BCUT2D eigenvalue weighted by Gasteiger charge is -2.11. The summed E-state index contributed by atoms with van der Waals surface area (Å²) in [6.07, 6.45) is 3.50. The fourth-order valence-electron chi connectivity index (χ4n) is 3.89. The maximum atomic E-state index is 14.4. The molecule has 3 aromatic heterocycles. The Bertz CT molecular complexity index is 1880. The number of ketones is 1. The number of aromatic nitrogens is 4. The van der Waals surface area contributed by atoms with Crippen LogP contribution in [-0.4, -0.2) is 40.2 Å². The number of hydrogen-bond donors (Lipinski definition) is 3. The Balaban J connectivity index is 1.43. The van der Waals surface area contributed by atoms with Gasteiger partial charge in [0, 0.05) is 23.0 Å². The van der Waals surface area contributed by atoms with Crippen molar-refractivity contribution in [2.24, 2.45) is 0 Å². The van der Waals surface area contributed by atoms with E-state index in [-0.39, 0.29) is 34.4 Å². The number of aromatic amines is 1. The van der Waals surface area contributed by atoms with Gasteiger partial charge in [0.05, 0.1) is 41.3 Å². The zero-order chi connectivity index (χ0) is 28.1. The van der Waals surface area contributed by atoms with Gasteiger partial charge in [-0.05, 0) is 42.8 Å². The quantitative estimate of drug-likeness (QED) is 0.251. The molecule has 14 heteroatoms. The lowest BCUT2D eigenvalue weighted by Crippen LogP contribution is -2.10. The second-order valence-electron chi connectivity index (χ2n) is 8.65. The third kappa shape index (κ3) is 5.13. The molecule has 0 saturated heterocycles. The van der Waals surface area contributed by atoms with Crippen molar-refractivity contribution >= 4 is 38.2 Å². The number of nitrogen functional groups attached to an aromatic ring is 1. The first-order valence-corrected chi connectivity index (χ1v) is 13.1. The van der Waals surface area contributed by atoms with Crippen molar-refractivity contribution in [3.05, 3.63) is 89.1 Å². The third-order valence-corrected chi connectivity index (χ3v) is 6.28. The van der Waals surface area contributed by atoms with E-state index in [0.29, 0.717) is 22.2 Å². The van der Waals surface area contributed by atoms with E-state index in [1.807, 2.05) is 0 Å². The number of pyridine rings is 1. The van der Waals surface area contributed by atoms with Crippen LogP contribution >= 0.6 is 0 Å². The van der Waals surface area contributed by atoms with Gasteiger partial charge in [-0.15, -0.1) is 0 Å². The number of nitrogens with two attached hydrogens (primary N) is 1. The van der Waals surface area contributed by atoms with E-state index >= 15 is 0 Å². The molecule has 0 unspecified atom stereocenters. The van der Waals surface area contributed by atoms with E-state index < -0.39 is 33.3 Å². The number of ether oxygens (including phenoxy) is 1. The summed E-state index contributed by atoms with van der Waals surface area (Å²) in [5.41, 5.74) is 7.35. The lowest BCUT2D eigenvalue weighted by atomic mass is 10.1. The minimum Gasteiger partial charge on any atom is -0.436 e. The summed E-state index contributed by atoms with van der Waals surface area (Å²) < 4.78 is 73.4. The monoisotopic (exact) mass is 556 g/mol. The SMILES string of the molecule is Cc1cc(Oc2cc(F)ccc2F)ncc1-n1ncc(C(=O)c2cc3cc(F)c(NS(C)(=O)=O)cc3[nH]2)c1N. The lowest BCUT2D eigenvalue weighted by molar-refractivity contribution is 0.103. The number of nitrogens with one attached hydrogen (secondary N) is 2. The summed E-state index contributed by atoms with van der Waals surface area (Å²) in [4.78, 5) is 20.2. The molecule has 0 aliphatic rings. The highest BCUT2D eigenvalue weighted by Crippen LogP contribution is 2.29. The van der Waals surface area contributed by atoms with Crippen molar-refractivity contribution in [3.8, 4) is 17.3 Å². The Labute approximate surface area is 219 Å². The molecule has 0 amide bonds. The normalized spacial score (nSPS) is 11.6. The fraction of sp³-hybridized carbons (Fsp3) is 0.0800. The first-order chi connectivity index (χ1) is 18.4. The van der Waals surface area contributed by atoms with E-state index in [4.69, 9.17) is 10.5 Å². The number of sulfonamides is 1. The van der Waals surface area contributed by atoms with Gasteiger partial charge in [0.1, 0.15) is 17.5 Å². The van der Waals surface area contributed by atoms with Crippen LogP contribution in [0.5, 0.6) is 11.6 Å². The summed E-state index contributed by atoms with van der Waals surface area (Å²) in [5, 5.41) is 4.52. The molecule has 0 radical (unpaired) electrons. The standard InChI is InChI=1S/C25H19F3N6O4S/c1-12-5-23(38-22-8-14(26)3-4-16(22)27)30-11-21(12)34-25(29)15(10-31-34)24(35)20-7-13-6-17(28)19(9-18(13)32-20)33-39(2,36)37/h3-11,32-33H,29H2,1-2H3. The summed E-state index contributed by atoms with van der Waals surface area (Å²) >= 11 is 0.